The van der Waals surface area contributed by atoms with Crippen molar-refractivity contribution in [1.29, 1.82) is 0 Å². The molecule has 0 amide bonds. The number of carboxylic acid groups (broad SMARTS) is 1. The van der Waals surface area contributed by atoms with Crippen molar-refractivity contribution in [3.05, 3.63) is 39.0 Å². The molecule has 21 heavy (non-hydrogen) atoms. The molecule has 2 rings (SSSR count). The molecule has 0 aliphatic heterocycles. The first kappa shape index (κ1) is 16.1. The van der Waals surface area contributed by atoms with Crippen LogP contribution in [0.3, 0.4) is 0 Å². The van der Waals surface area contributed by atoms with E-state index in [2.05, 4.69) is 21.0 Å². The van der Waals surface area contributed by atoms with Gasteiger partial charge < -0.3 is 5.11 Å². The summed E-state index contributed by atoms with van der Waals surface area (Å²) >= 11 is 4.89. The highest BCUT2D eigenvalue weighted by Crippen LogP contribution is 2.31. The Morgan fingerprint density at radius 2 is 1.95 bits per heavy atom. The molecule has 0 aliphatic rings. The summed E-state index contributed by atoms with van der Waals surface area (Å²) in [5, 5.41) is 14.7. The Labute approximate surface area is 136 Å². The molecule has 0 spiro atoms. The number of aromatic nitrogens is 2. The first-order valence-corrected chi connectivity index (χ1v) is 8.58. The van der Waals surface area contributed by atoms with Crippen LogP contribution < -0.4 is 0 Å². The highest BCUT2D eigenvalue weighted by Gasteiger charge is 2.24. The monoisotopic (exact) mass is 368 g/mol. The van der Waals surface area contributed by atoms with E-state index in [1.807, 2.05) is 39.2 Å². The minimum atomic E-state index is -0.921. The molecular weight excluding hydrogens is 352 g/mol. The molecular formula is C15H17BrN2O2S. The van der Waals surface area contributed by atoms with Crippen LogP contribution in [0.15, 0.2) is 21.6 Å². The fourth-order valence-electron chi connectivity index (χ4n) is 2.49. The topological polar surface area (TPSA) is 55.1 Å². The first-order chi connectivity index (χ1) is 9.90. The van der Waals surface area contributed by atoms with Crippen molar-refractivity contribution in [2.24, 2.45) is 0 Å². The molecule has 0 radical (unpaired) electrons. The standard InChI is InChI=1S/C15H17BrN2O2S/c1-5-11-12(15(19)20)14(21-4)18(17-11)13-8(2)6-10(16)7-9(13)3/h6-7H,5H2,1-4H3,(H,19,20). The molecule has 0 fully saturated rings. The van der Waals surface area contributed by atoms with E-state index in [0.717, 1.165) is 21.3 Å². The smallest absolute Gasteiger partial charge is 0.340 e. The Hall–Kier alpha value is -1.27. The number of carboxylic acids is 1. The second-order valence-corrected chi connectivity index (χ2v) is 6.50. The van der Waals surface area contributed by atoms with Gasteiger partial charge >= 0.3 is 5.97 Å². The van der Waals surface area contributed by atoms with Crippen LogP contribution in [-0.4, -0.2) is 27.1 Å². The van der Waals surface area contributed by atoms with E-state index in [1.165, 1.54) is 11.8 Å². The lowest BCUT2D eigenvalue weighted by Gasteiger charge is -2.13. The van der Waals surface area contributed by atoms with E-state index in [1.54, 1.807) is 4.68 Å². The third kappa shape index (κ3) is 2.87. The summed E-state index contributed by atoms with van der Waals surface area (Å²) in [5.41, 5.74) is 3.99. The van der Waals surface area contributed by atoms with E-state index in [9.17, 15) is 9.90 Å². The Morgan fingerprint density at radius 3 is 2.38 bits per heavy atom. The molecule has 6 heteroatoms. The Balaban J connectivity index is 2.79. The molecule has 0 saturated heterocycles. The normalized spacial score (nSPS) is 10.9. The maximum Gasteiger partial charge on any atom is 0.340 e. The summed E-state index contributed by atoms with van der Waals surface area (Å²) in [6.45, 7) is 5.93. The molecule has 0 bridgehead atoms. The van der Waals surface area contributed by atoms with Crippen LogP contribution in [0.1, 0.15) is 34.1 Å². The van der Waals surface area contributed by atoms with Gasteiger partial charge in [0.1, 0.15) is 10.6 Å². The first-order valence-electron chi connectivity index (χ1n) is 6.57. The molecule has 1 heterocycles. The van der Waals surface area contributed by atoms with Crippen molar-refractivity contribution in [2.75, 3.05) is 6.26 Å². The average Bonchev–Trinajstić information content (AvgIpc) is 2.76. The molecule has 0 aliphatic carbocycles. The number of benzene rings is 1. The fraction of sp³-hybridized carbons (Fsp3) is 0.333. The number of thioether (sulfide) groups is 1. The summed E-state index contributed by atoms with van der Waals surface area (Å²) < 4.78 is 2.78. The maximum atomic E-state index is 11.6. The molecule has 1 N–H and O–H groups in total. The van der Waals surface area contributed by atoms with Crippen LogP contribution in [0, 0.1) is 13.8 Å². The van der Waals surface area contributed by atoms with Crippen molar-refractivity contribution >= 4 is 33.7 Å². The predicted octanol–water partition coefficient (Wildman–Crippen LogP) is 4.23. The molecule has 1 aromatic carbocycles. The quantitative estimate of drug-likeness (QED) is 0.820. The number of hydrogen-bond acceptors (Lipinski definition) is 3. The van der Waals surface area contributed by atoms with E-state index in [-0.39, 0.29) is 0 Å². The zero-order valence-corrected chi connectivity index (χ0v) is 14.8. The fourth-order valence-corrected chi connectivity index (χ4v) is 3.89. The number of hydrogen-bond donors (Lipinski definition) is 1. The lowest BCUT2D eigenvalue weighted by atomic mass is 10.1. The molecule has 4 nitrogen and oxygen atoms in total. The average molecular weight is 369 g/mol. The minimum Gasteiger partial charge on any atom is -0.478 e. The summed E-state index contributed by atoms with van der Waals surface area (Å²) in [4.78, 5) is 11.6. The van der Waals surface area contributed by atoms with Gasteiger partial charge in [-0.05, 0) is 49.8 Å². The van der Waals surface area contributed by atoms with Crippen LogP contribution in [0.4, 0.5) is 0 Å². The van der Waals surface area contributed by atoms with Crippen LogP contribution in [0.5, 0.6) is 0 Å². The van der Waals surface area contributed by atoms with Gasteiger partial charge in [-0.2, -0.15) is 5.10 Å². The Kier molecular flexibility index (Phi) is 4.78. The summed E-state index contributed by atoms with van der Waals surface area (Å²) in [5.74, 6) is -0.921. The van der Waals surface area contributed by atoms with Gasteiger partial charge in [-0.3, -0.25) is 0 Å². The predicted molar refractivity (Wildman–Crippen MR) is 88.9 cm³/mol. The van der Waals surface area contributed by atoms with E-state index in [4.69, 9.17) is 0 Å². The summed E-state index contributed by atoms with van der Waals surface area (Å²) in [7, 11) is 0. The summed E-state index contributed by atoms with van der Waals surface area (Å²) in [6, 6.07) is 4.03. The molecule has 0 saturated carbocycles. The van der Waals surface area contributed by atoms with Crippen molar-refractivity contribution in [2.45, 2.75) is 32.2 Å². The number of rotatable bonds is 4. The van der Waals surface area contributed by atoms with Gasteiger partial charge in [-0.1, -0.05) is 22.9 Å². The third-order valence-corrected chi connectivity index (χ3v) is 4.55. The molecule has 2 aromatic rings. The number of nitrogens with zero attached hydrogens (tertiary/aromatic N) is 2. The van der Waals surface area contributed by atoms with Crippen molar-refractivity contribution in [3.63, 3.8) is 0 Å². The van der Waals surface area contributed by atoms with E-state index in [0.29, 0.717) is 22.7 Å². The van der Waals surface area contributed by atoms with Gasteiger partial charge in [0.05, 0.1) is 11.4 Å². The third-order valence-electron chi connectivity index (χ3n) is 3.33. The Bertz CT molecular complexity index is 687. The Morgan fingerprint density at radius 1 is 1.38 bits per heavy atom. The zero-order chi connectivity index (χ0) is 15.7. The number of carbonyl (C=O) groups is 1. The molecule has 0 atom stereocenters. The maximum absolute atomic E-state index is 11.6. The van der Waals surface area contributed by atoms with Gasteiger partial charge in [-0.15, -0.1) is 11.8 Å². The van der Waals surface area contributed by atoms with Gasteiger partial charge in [0.15, 0.2) is 0 Å². The lowest BCUT2D eigenvalue weighted by Crippen LogP contribution is -2.05. The van der Waals surface area contributed by atoms with Crippen LogP contribution in [0.2, 0.25) is 0 Å². The highest BCUT2D eigenvalue weighted by atomic mass is 79.9. The van der Waals surface area contributed by atoms with Crippen LogP contribution >= 0.6 is 27.7 Å². The van der Waals surface area contributed by atoms with Crippen molar-refractivity contribution < 1.29 is 9.90 Å². The van der Waals surface area contributed by atoms with Crippen LogP contribution in [-0.2, 0) is 6.42 Å². The molecule has 112 valence electrons. The van der Waals surface area contributed by atoms with Gasteiger partial charge in [0.2, 0.25) is 0 Å². The SMILES string of the molecule is CCc1nn(-c2c(C)cc(Br)cc2C)c(SC)c1C(=O)O. The second kappa shape index (κ2) is 6.23. The summed E-state index contributed by atoms with van der Waals surface area (Å²) in [6.07, 6.45) is 2.47. The van der Waals surface area contributed by atoms with E-state index >= 15 is 0 Å². The highest BCUT2D eigenvalue weighted by molar-refractivity contribution is 9.10. The van der Waals surface area contributed by atoms with Gasteiger partial charge in [0.25, 0.3) is 0 Å². The number of aromatic carboxylic acids is 1. The minimum absolute atomic E-state index is 0.312. The number of aryl methyl sites for hydroxylation is 3. The molecule has 1 aromatic heterocycles. The van der Waals surface area contributed by atoms with Crippen molar-refractivity contribution in [3.8, 4) is 5.69 Å². The van der Waals surface area contributed by atoms with Gasteiger partial charge in [0, 0.05) is 4.47 Å². The second-order valence-electron chi connectivity index (χ2n) is 4.79. The number of halogens is 1. The lowest BCUT2D eigenvalue weighted by molar-refractivity contribution is 0.0691. The van der Waals surface area contributed by atoms with Crippen LogP contribution in [0.25, 0.3) is 5.69 Å². The van der Waals surface area contributed by atoms with Gasteiger partial charge in [-0.25, -0.2) is 9.48 Å². The zero-order valence-electron chi connectivity index (χ0n) is 12.4. The molecule has 0 unspecified atom stereocenters. The van der Waals surface area contributed by atoms with Crippen molar-refractivity contribution in [1.82, 2.24) is 9.78 Å². The largest absolute Gasteiger partial charge is 0.478 e. The van der Waals surface area contributed by atoms with E-state index < -0.39 is 5.97 Å².